The topological polar surface area (TPSA) is 83.5 Å². The number of carbonyl (C=O) groups is 1. The SMILES string of the molecule is N[C@@](CF)(Cc1cc(F)c(O)c(F)c1)C(=O)O. The Bertz CT molecular complexity index is 429. The Morgan fingerprint density at radius 3 is 2.18 bits per heavy atom. The third-order valence-corrected chi connectivity index (χ3v) is 2.26. The fraction of sp³-hybridized carbons (Fsp3) is 0.300. The Morgan fingerprint density at radius 2 is 1.82 bits per heavy atom. The van der Waals surface area contributed by atoms with Crippen molar-refractivity contribution in [3.8, 4) is 5.75 Å². The van der Waals surface area contributed by atoms with Crippen molar-refractivity contribution in [1.82, 2.24) is 0 Å². The Labute approximate surface area is 94.5 Å². The molecule has 1 aromatic carbocycles. The van der Waals surface area contributed by atoms with Crippen LogP contribution in [0.15, 0.2) is 12.1 Å². The quantitative estimate of drug-likeness (QED) is 0.742. The van der Waals surface area contributed by atoms with Gasteiger partial charge < -0.3 is 15.9 Å². The van der Waals surface area contributed by atoms with Crippen LogP contribution in [-0.4, -0.2) is 28.4 Å². The van der Waals surface area contributed by atoms with Gasteiger partial charge in [-0.1, -0.05) is 0 Å². The summed E-state index contributed by atoms with van der Waals surface area (Å²) in [5, 5.41) is 17.5. The fourth-order valence-electron chi connectivity index (χ4n) is 1.26. The molecule has 4 nitrogen and oxygen atoms in total. The zero-order chi connectivity index (χ0) is 13.2. The highest BCUT2D eigenvalue weighted by atomic mass is 19.1. The van der Waals surface area contributed by atoms with E-state index < -0.39 is 42.0 Å². The minimum absolute atomic E-state index is 0.152. The molecule has 0 aliphatic heterocycles. The zero-order valence-electron chi connectivity index (χ0n) is 8.58. The normalized spacial score (nSPS) is 14.4. The maximum absolute atomic E-state index is 12.9. The monoisotopic (exact) mass is 249 g/mol. The molecule has 7 heteroatoms. The number of rotatable bonds is 4. The van der Waals surface area contributed by atoms with Crippen molar-refractivity contribution in [3.05, 3.63) is 29.3 Å². The first-order valence-electron chi connectivity index (χ1n) is 4.55. The molecule has 94 valence electrons. The predicted octanol–water partition coefficient (Wildman–Crippen LogP) is 0.964. The van der Waals surface area contributed by atoms with E-state index >= 15 is 0 Å². The van der Waals surface area contributed by atoms with E-state index in [-0.39, 0.29) is 5.56 Å². The molecule has 0 fully saturated rings. The van der Waals surface area contributed by atoms with Crippen molar-refractivity contribution >= 4 is 5.97 Å². The summed E-state index contributed by atoms with van der Waals surface area (Å²) < 4.78 is 38.4. The summed E-state index contributed by atoms with van der Waals surface area (Å²) in [5.41, 5.74) is 2.84. The molecule has 1 rings (SSSR count). The van der Waals surface area contributed by atoms with Crippen LogP contribution < -0.4 is 5.73 Å². The number of hydrogen-bond acceptors (Lipinski definition) is 3. The van der Waals surface area contributed by atoms with Crippen molar-refractivity contribution in [1.29, 1.82) is 0 Å². The van der Waals surface area contributed by atoms with Crippen molar-refractivity contribution < 1.29 is 28.2 Å². The fourth-order valence-corrected chi connectivity index (χ4v) is 1.26. The van der Waals surface area contributed by atoms with Gasteiger partial charge in [-0.25, -0.2) is 13.2 Å². The van der Waals surface area contributed by atoms with Gasteiger partial charge in [0.1, 0.15) is 12.2 Å². The lowest BCUT2D eigenvalue weighted by molar-refractivity contribution is -0.143. The molecule has 0 aliphatic carbocycles. The molecule has 1 atom stereocenters. The average Bonchev–Trinajstić information content (AvgIpc) is 2.25. The number of aromatic hydroxyl groups is 1. The van der Waals surface area contributed by atoms with E-state index in [2.05, 4.69) is 0 Å². The summed E-state index contributed by atoms with van der Waals surface area (Å²) in [7, 11) is 0. The first kappa shape index (κ1) is 13.3. The lowest BCUT2D eigenvalue weighted by atomic mass is 9.93. The Hall–Kier alpha value is -1.76. The lowest BCUT2D eigenvalue weighted by Crippen LogP contribution is -2.52. The molecule has 0 aromatic heterocycles. The van der Waals surface area contributed by atoms with Crippen molar-refractivity contribution in [2.45, 2.75) is 12.0 Å². The van der Waals surface area contributed by atoms with Crippen molar-refractivity contribution in [2.24, 2.45) is 5.73 Å². The third-order valence-electron chi connectivity index (χ3n) is 2.26. The number of hydrogen-bond donors (Lipinski definition) is 3. The van der Waals surface area contributed by atoms with Gasteiger partial charge in [-0.2, -0.15) is 0 Å². The van der Waals surface area contributed by atoms with E-state index in [0.29, 0.717) is 12.1 Å². The largest absolute Gasteiger partial charge is 0.503 e. The zero-order valence-corrected chi connectivity index (χ0v) is 8.58. The molecular weight excluding hydrogens is 239 g/mol. The van der Waals surface area contributed by atoms with Gasteiger partial charge in [0, 0.05) is 6.42 Å². The highest BCUT2D eigenvalue weighted by molar-refractivity contribution is 5.79. The predicted molar refractivity (Wildman–Crippen MR) is 52.3 cm³/mol. The van der Waals surface area contributed by atoms with E-state index in [0.717, 1.165) is 0 Å². The van der Waals surface area contributed by atoms with Crippen molar-refractivity contribution in [3.63, 3.8) is 0 Å². The van der Waals surface area contributed by atoms with E-state index in [1.54, 1.807) is 0 Å². The van der Waals surface area contributed by atoms with Crippen LogP contribution in [-0.2, 0) is 11.2 Å². The van der Waals surface area contributed by atoms with Crippen LogP contribution in [0.4, 0.5) is 13.2 Å². The van der Waals surface area contributed by atoms with Gasteiger partial charge in [0.05, 0.1) is 0 Å². The van der Waals surface area contributed by atoms with Crippen LogP contribution in [0.1, 0.15) is 5.56 Å². The van der Waals surface area contributed by atoms with Gasteiger partial charge in [-0.05, 0) is 17.7 Å². The van der Waals surface area contributed by atoms with Crippen LogP contribution in [0.2, 0.25) is 0 Å². The highest BCUT2D eigenvalue weighted by Gasteiger charge is 2.34. The second kappa shape index (κ2) is 4.62. The van der Waals surface area contributed by atoms with Gasteiger partial charge in [-0.15, -0.1) is 0 Å². The molecule has 0 saturated heterocycles. The van der Waals surface area contributed by atoms with E-state index in [1.807, 2.05) is 0 Å². The Morgan fingerprint density at radius 1 is 1.35 bits per heavy atom. The first-order valence-corrected chi connectivity index (χ1v) is 4.55. The molecule has 4 N–H and O–H groups in total. The molecule has 0 unspecified atom stereocenters. The van der Waals surface area contributed by atoms with Crippen LogP contribution in [0.5, 0.6) is 5.75 Å². The molecule has 0 amide bonds. The molecule has 0 heterocycles. The number of halogens is 3. The van der Waals surface area contributed by atoms with Gasteiger partial charge >= 0.3 is 5.97 Å². The summed E-state index contributed by atoms with van der Waals surface area (Å²) in [5.74, 6) is -5.31. The van der Waals surface area contributed by atoms with E-state index in [4.69, 9.17) is 15.9 Å². The third kappa shape index (κ3) is 2.68. The van der Waals surface area contributed by atoms with Crippen molar-refractivity contribution in [2.75, 3.05) is 6.67 Å². The lowest BCUT2D eigenvalue weighted by Gasteiger charge is -2.20. The van der Waals surface area contributed by atoms with Gasteiger partial charge in [-0.3, -0.25) is 4.79 Å². The number of benzene rings is 1. The maximum atomic E-state index is 12.9. The Kier molecular flexibility index (Phi) is 3.62. The molecule has 0 radical (unpaired) electrons. The highest BCUT2D eigenvalue weighted by Crippen LogP contribution is 2.23. The van der Waals surface area contributed by atoms with Crippen LogP contribution >= 0.6 is 0 Å². The van der Waals surface area contributed by atoms with E-state index in [1.165, 1.54) is 0 Å². The molecule has 0 spiro atoms. The number of carboxylic acid groups (broad SMARTS) is 1. The van der Waals surface area contributed by atoms with Gasteiger partial charge in [0.25, 0.3) is 0 Å². The molecule has 0 saturated carbocycles. The molecule has 0 bridgehead atoms. The summed E-state index contributed by atoms with van der Waals surface area (Å²) in [6.45, 7) is -1.38. The molecule has 0 aliphatic rings. The van der Waals surface area contributed by atoms with E-state index in [9.17, 15) is 18.0 Å². The van der Waals surface area contributed by atoms with Gasteiger partial charge in [0.2, 0.25) is 0 Å². The van der Waals surface area contributed by atoms with Crippen LogP contribution in [0.25, 0.3) is 0 Å². The maximum Gasteiger partial charge on any atom is 0.326 e. The first-order chi connectivity index (χ1) is 7.80. The summed E-state index contributed by atoms with van der Waals surface area (Å²) in [6, 6.07) is 1.41. The summed E-state index contributed by atoms with van der Waals surface area (Å²) in [4.78, 5) is 10.7. The summed E-state index contributed by atoms with van der Waals surface area (Å²) >= 11 is 0. The van der Waals surface area contributed by atoms with Crippen LogP contribution in [0, 0.1) is 11.6 Å². The minimum Gasteiger partial charge on any atom is -0.503 e. The van der Waals surface area contributed by atoms with Crippen LogP contribution in [0.3, 0.4) is 0 Å². The molecule has 17 heavy (non-hydrogen) atoms. The molecule has 1 aromatic rings. The number of nitrogens with two attached hydrogens (primary N) is 1. The smallest absolute Gasteiger partial charge is 0.326 e. The Balaban J connectivity index is 3.07. The second-order valence-corrected chi connectivity index (χ2v) is 3.68. The average molecular weight is 249 g/mol. The standard InChI is InChI=1S/C10H10F3NO3/c11-4-10(14,9(16)17)3-5-1-6(12)8(15)7(13)2-5/h1-2,15H,3-4,14H2,(H,16,17)/t10-/m1/s1. The van der Waals surface area contributed by atoms with Gasteiger partial charge in [0.15, 0.2) is 17.4 Å². The number of phenols is 1. The summed E-state index contributed by atoms with van der Waals surface area (Å²) in [6.07, 6.45) is -0.590. The molecular formula is C10H10F3NO3. The number of carboxylic acids is 1. The number of aliphatic carboxylic acids is 1. The number of phenolic OH excluding ortho intramolecular Hbond substituents is 1. The number of alkyl halides is 1. The second-order valence-electron chi connectivity index (χ2n) is 3.68. The minimum atomic E-state index is -2.24.